The Morgan fingerprint density at radius 2 is 1.95 bits per heavy atom. The summed E-state index contributed by atoms with van der Waals surface area (Å²) >= 11 is 0. The molecular formula is C27H32N4O6S. The van der Waals surface area contributed by atoms with Crippen molar-refractivity contribution in [2.45, 2.75) is 55.3 Å². The highest BCUT2D eigenvalue weighted by Crippen LogP contribution is 2.26. The Labute approximate surface area is 221 Å². The van der Waals surface area contributed by atoms with E-state index in [0.717, 1.165) is 10.3 Å². The molecule has 38 heavy (non-hydrogen) atoms. The summed E-state index contributed by atoms with van der Waals surface area (Å²) in [5.41, 5.74) is 6.61. The van der Waals surface area contributed by atoms with E-state index in [2.05, 4.69) is 10.3 Å². The van der Waals surface area contributed by atoms with E-state index < -0.39 is 45.2 Å². The molecule has 4 atom stereocenters. The summed E-state index contributed by atoms with van der Waals surface area (Å²) in [5, 5.41) is 12.6. The van der Waals surface area contributed by atoms with Crippen LogP contribution < -0.4 is 11.1 Å². The lowest BCUT2D eigenvalue weighted by atomic mass is 10.0. The summed E-state index contributed by atoms with van der Waals surface area (Å²) in [5.74, 6) is -1.24. The zero-order valence-electron chi connectivity index (χ0n) is 21.2. The third-order valence-corrected chi connectivity index (χ3v) is 8.37. The molecule has 4 rings (SSSR count). The number of sulfone groups is 1. The number of hydrogen-bond donors (Lipinski definition) is 3. The molecule has 3 aromatic rings. The summed E-state index contributed by atoms with van der Waals surface area (Å²) in [4.78, 5) is 32.2. The predicted molar refractivity (Wildman–Crippen MR) is 142 cm³/mol. The first-order chi connectivity index (χ1) is 18.1. The van der Waals surface area contributed by atoms with Crippen LogP contribution in [0.25, 0.3) is 11.0 Å². The van der Waals surface area contributed by atoms with E-state index in [9.17, 15) is 23.1 Å². The third-order valence-electron chi connectivity index (χ3n) is 6.38. The van der Waals surface area contributed by atoms with E-state index in [4.69, 9.17) is 10.2 Å². The number of hydrogen-bond acceptors (Lipinski definition) is 8. The van der Waals surface area contributed by atoms with Crippen LogP contribution in [-0.4, -0.2) is 65.3 Å². The Morgan fingerprint density at radius 3 is 2.63 bits per heavy atom. The van der Waals surface area contributed by atoms with Crippen LogP contribution in [0.5, 0.6) is 0 Å². The van der Waals surface area contributed by atoms with Gasteiger partial charge in [0.2, 0.25) is 15.7 Å². The summed E-state index contributed by atoms with van der Waals surface area (Å²) in [6.45, 7) is 3.76. The van der Waals surface area contributed by atoms with Crippen molar-refractivity contribution >= 4 is 32.6 Å². The first-order valence-corrected chi connectivity index (χ1v) is 14.0. The fourth-order valence-electron chi connectivity index (χ4n) is 4.52. The molecule has 2 amide bonds. The SMILES string of the molecule is CC(C)C[C@H](NC(=O)c1cc2ccccc2o1)C(=O)N1CCC=CC(N)C(O)C1S(=O)(=O)c1ccccn1. The summed E-state index contributed by atoms with van der Waals surface area (Å²) < 4.78 is 33.1. The van der Waals surface area contributed by atoms with Gasteiger partial charge < -0.3 is 25.5 Å². The van der Waals surface area contributed by atoms with Crippen molar-refractivity contribution in [3.63, 3.8) is 0 Å². The maximum atomic E-state index is 14.0. The maximum absolute atomic E-state index is 14.0. The van der Waals surface area contributed by atoms with Crippen LogP contribution in [0.4, 0.5) is 0 Å². The lowest BCUT2D eigenvalue weighted by molar-refractivity contribution is -0.136. The number of carbonyl (C=O) groups excluding carboxylic acids is 2. The van der Waals surface area contributed by atoms with Crippen molar-refractivity contribution in [1.29, 1.82) is 0 Å². The molecule has 0 fully saturated rings. The molecule has 0 saturated heterocycles. The Morgan fingerprint density at radius 1 is 1.21 bits per heavy atom. The van der Waals surface area contributed by atoms with Crippen molar-refractivity contribution in [2.24, 2.45) is 11.7 Å². The molecule has 0 radical (unpaired) electrons. The van der Waals surface area contributed by atoms with E-state index in [-0.39, 0.29) is 29.7 Å². The number of carbonyl (C=O) groups is 2. The molecule has 3 heterocycles. The molecule has 3 unspecified atom stereocenters. The van der Waals surface area contributed by atoms with Crippen LogP contribution in [0.15, 0.2) is 76.3 Å². The number of para-hydroxylation sites is 1. The van der Waals surface area contributed by atoms with Crippen LogP contribution in [0, 0.1) is 5.92 Å². The van der Waals surface area contributed by atoms with E-state index in [1.54, 1.807) is 36.4 Å². The number of nitrogens with zero attached hydrogens (tertiary/aromatic N) is 2. The molecule has 4 N–H and O–H groups in total. The second-order valence-electron chi connectivity index (χ2n) is 9.72. The Kier molecular flexibility index (Phi) is 8.29. The molecule has 0 spiro atoms. The minimum absolute atomic E-state index is 0.00898. The maximum Gasteiger partial charge on any atom is 0.287 e. The zero-order valence-corrected chi connectivity index (χ0v) is 22.0. The highest BCUT2D eigenvalue weighted by Gasteiger charge is 2.45. The molecule has 1 aliphatic heterocycles. The van der Waals surface area contributed by atoms with Gasteiger partial charge in [-0.3, -0.25) is 9.59 Å². The van der Waals surface area contributed by atoms with E-state index >= 15 is 0 Å². The number of pyridine rings is 1. The lowest BCUT2D eigenvalue weighted by Crippen LogP contribution is -2.61. The number of rotatable bonds is 7. The predicted octanol–water partition coefficient (Wildman–Crippen LogP) is 2.25. The third kappa shape index (κ3) is 5.79. The number of fused-ring (bicyclic) bond motifs is 1. The largest absolute Gasteiger partial charge is 0.451 e. The van der Waals surface area contributed by atoms with Gasteiger partial charge in [-0.1, -0.05) is 50.3 Å². The van der Waals surface area contributed by atoms with Crippen LogP contribution >= 0.6 is 0 Å². The quantitative estimate of drug-likeness (QED) is 0.385. The van der Waals surface area contributed by atoms with Crippen molar-refractivity contribution < 1.29 is 27.5 Å². The van der Waals surface area contributed by atoms with Gasteiger partial charge in [0.1, 0.15) is 17.7 Å². The zero-order chi connectivity index (χ0) is 27.4. The van der Waals surface area contributed by atoms with Crippen molar-refractivity contribution in [3.05, 3.63) is 72.6 Å². The monoisotopic (exact) mass is 540 g/mol. The number of aliphatic hydroxyl groups excluding tert-OH is 1. The first kappa shape index (κ1) is 27.5. The second kappa shape index (κ2) is 11.5. The average molecular weight is 541 g/mol. The van der Waals surface area contributed by atoms with Crippen LogP contribution in [0.3, 0.4) is 0 Å². The number of aromatic nitrogens is 1. The number of nitrogens with two attached hydrogens (primary N) is 1. The smallest absolute Gasteiger partial charge is 0.287 e. The minimum Gasteiger partial charge on any atom is -0.451 e. The number of benzene rings is 1. The number of nitrogens with one attached hydrogen (secondary N) is 1. The molecule has 0 aliphatic carbocycles. The van der Waals surface area contributed by atoms with Gasteiger partial charge in [-0.15, -0.1) is 0 Å². The van der Waals surface area contributed by atoms with Gasteiger partial charge in [-0.2, -0.15) is 0 Å². The van der Waals surface area contributed by atoms with Crippen molar-refractivity contribution in [2.75, 3.05) is 6.54 Å². The summed E-state index contributed by atoms with van der Waals surface area (Å²) in [6.07, 6.45) is 3.46. The topological polar surface area (TPSA) is 156 Å². The molecule has 10 nitrogen and oxygen atoms in total. The Hall–Kier alpha value is -3.54. The fourth-order valence-corrected chi connectivity index (χ4v) is 6.34. The number of aliphatic hydroxyl groups is 1. The van der Waals surface area contributed by atoms with Crippen molar-refractivity contribution in [1.82, 2.24) is 15.2 Å². The van der Waals surface area contributed by atoms with Gasteiger partial charge in [0.25, 0.3) is 5.91 Å². The van der Waals surface area contributed by atoms with E-state index in [0.29, 0.717) is 12.0 Å². The molecule has 1 aliphatic rings. The first-order valence-electron chi connectivity index (χ1n) is 12.4. The fraction of sp³-hybridized carbons (Fsp3) is 0.370. The van der Waals surface area contributed by atoms with Crippen LogP contribution in [0.1, 0.15) is 37.2 Å². The normalized spacial score (nSPS) is 21.2. The Balaban J connectivity index is 1.70. The van der Waals surface area contributed by atoms with Gasteiger partial charge in [0.05, 0.1) is 6.04 Å². The van der Waals surface area contributed by atoms with E-state index in [1.165, 1.54) is 24.4 Å². The standard InChI is InChI=1S/C27H32N4O6S/c1-17(2)15-20(30-25(33)22-16-18-9-3-4-11-21(18)37-22)26(34)31-14-8-6-10-19(28)24(32)27(31)38(35,36)23-12-5-7-13-29-23/h3-7,9-13,16-17,19-20,24,27,32H,8,14-15,28H2,1-2H3,(H,30,33)/t19?,20-,24?,27?/m0/s1. The van der Waals surface area contributed by atoms with Gasteiger partial charge >= 0.3 is 0 Å². The molecule has 11 heteroatoms. The van der Waals surface area contributed by atoms with E-state index in [1.807, 2.05) is 19.9 Å². The van der Waals surface area contributed by atoms with Crippen molar-refractivity contribution in [3.8, 4) is 0 Å². The summed E-state index contributed by atoms with van der Waals surface area (Å²) in [7, 11) is -4.34. The van der Waals surface area contributed by atoms with Crippen LogP contribution in [-0.2, 0) is 14.6 Å². The minimum atomic E-state index is -4.34. The number of furan rings is 1. The van der Waals surface area contributed by atoms with Crippen LogP contribution in [0.2, 0.25) is 0 Å². The number of amides is 2. The molecule has 0 bridgehead atoms. The average Bonchev–Trinajstić information content (AvgIpc) is 3.33. The van der Waals surface area contributed by atoms with Gasteiger partial charge in [-0.05, 0) is 43.0 Å². The highest BCUT2D eigenvalue weighted by molar-refractivity contribution is 7.92. The molecule has 1 aromatic carbocycles. The summed E-state index contributed by atoms with van der Waals surface area (Å²) in [6, 6.07) is 11.0. The molecule has 202 valence electrons. The van der Waals surface area contributed by atoms with Gasteiger partial charge in [0, 0.05) is 18.1 Å². The molecule has 0 saturated carbocycles. The van der Waals surface area contributed by atoms with Gasteiger partial charge in [-0.25, -0.2) is 13.4 Å². The lowest BCUT2D eigenvalue weighted by Gasteiger charge is -2.38. The molecule has 2 aromatic heterocycles. The Bertz CT molecular complexity index is 1390. The highest BCUT2D eigenvalue weighted by atomic mass is 32.2. The molecular weight excluding hydrogens is 508 g/mol. The second-order valence-corrected chi connectivity index (χ2v) is 11.7. The van der Waals surface area contributed by atoms with Gasteiger partial charge in [0.15, 0.2) is 16.2 Å².